The van der Waals surface area contributed by atoms with Crippen molar-refractivity contribution in [2.24, 2.45) is 7.05 Å². The highest BCUT2D eigenvalue weighted by molar-refractivity contribution is 6.30. The van der Waals surface area contributed by atoms with Gasteiger partial charge in [-0.15, -0.1) is 0 Å². The number of aromatic nitrogens is 3. The third kappa shape index (κ3) is 3.80. The molecule has 1 amide bonds. The number of ether oxygens (including phenoxy) is 1. The molecule has 30 heavy (non-hydrogen) atoms. The summed E-state index contributed by atoms with van der Waals surface area (Å²) in [5, 5.41) is 9.33. The number of likely N-dealkylation sites (N-methyl/N-ethyl adjacent to an activating group) is 1. The van der Waals surface area contributed by atoms with Gasteiger partial charge in [-0.25, -0.2) is 4.68 Å². The predicted octanol–water partition coefficient (Wildman–Crippen LogP) is 3.53. The molecule has 9 heteroatoms. The van der Waals surface area contributed by atoms with Gasteiger partial charge in [0.2, 0.25) is 5.88 Å². The van der Waals surface area contributed by atoms with Gasteiger partial charge >= 0.3 is 0 Å². The molecule has 1 fully saturated rings. The van der Waals surface area contributed by atoms with E-state index in [4.69, 9.17) is 20.9 Å². The molecule has 1 aliphatic heterocycles. The standard InChI is InChI=1S/C21H24ClN5O3/c1-13-17(21(26(4)23-13)29-16-7-5-15(22)6-8-16)19-18(14(2)30-24-19)20(28)27-11-9-25(3)10-12-27/h5-8H,9-12H2,1-4H3. The van der Waals surface area contributed by atoms with Crippen molar-refractivity contribution in [2.75, 3.05) is 33.2 Å². The van der Waals surface area contributed by atoms with Crippen LogP contribution in [0.3, 0.4) is 0 Å². The minimum Gasteiger partial charge on any atom is -0.439 e. The smallest absolute Gasteiger partial charge is 0.259 e. The minimum absolute atomic E-state index is 0.0856. The number of rotatable bonds is 4. The van der Waals surface area contributed by atoms with Crippen LogP contribution >= 0.6 is 11.6 Å². The molecular formula is C21H24ClN5O3. The molecule has 0 aliphatic carbocycles. The first-order valence-electron chi connectivity index (χ1n) is 9.76. The molecule has 158 valence electrons. The van der Waals surface area contributed by atoms with Crippen molar-refractivity contribution in [3.63, 3.8) is 0 Å². The van der Waals surface area contributed by atoms with E-state index in [-0.39, 0.29) is 5.91 Å². The molecule has 0 atom stereocenters. The Morgan fingerprint density at radius 2 is 1.77 bits per heavy atom. The van der Waals surface area contributed by atoms with E-state index >= 15 is 0 Å². The normalized spacial score (nSPS) is 14.9. The van der Waals surface area contributed by atoms with Crippen molar-refractivity contribution < 1.29 is 14.1 Å². The third-order valence-corrected chi connectivity index (χ3v) is 5.55. The Bertz CT molecular complexity index is 1070. The second-order valence-electron chi connectivity index (χ2n) is 7.50. The summed E-state index contributed by atoms with van der Waals surface area (Å²) in [6.07, 6.45) is 0. The van der Waals surface area contributed by atoms with E-state index in [0.29, 0.717) is 58.0 Å². The number of amides is 1. The molecule has 0 unspecified atom stereocenters. The van der Waals surface area contributed by atoms with Gasteiger partial charge in [-0.1, -0.05) is 16.8 Å². The number of benzene rings is 1. The SMILES string of the molecule is Cc1nn(C)c(Oc2ccc(Cl)cc2)c1-c1noc(C)c1C(=O)N1CCN(C)CC1. The number of carbonyl (C=O) groups is 1. The molecular weight excluding hydrogens is 406 g/mol. The largest absolute Gasteiger partial charge is 0.439 e. The number of aryl methyl sites for hydroxylation is 3. The van der Waals surface area contributed by atoms with Crippen molar-refractivity contribution >= 4 is 17.5 Å². The number of halogens is 1. The van der Waals surface area contributed by atoms with E-state index in [1.165, 1.54) is 0 Å². The summed E-state index contributed by atoms with van der Waals surface area (Å²) in [6, 6.07) is 7.06. The summed E-state index contributed by atoms with van der Waals surface area (Å²) in [7, 11) is 3.84. The van der Waals surface area contributed by atoms with Crippen LogP contribution in [0.4, 0.5) is 0 Å². The molecule has 0 N–H and O–H groups in total. The monoisotopic (exact) mass is 429 g/mol. The fourth-order valence-corrected chi connectivity index (χ4v) is 3.73. The maximum atomic E-state index is 13.3. The number of hydrogen-bond donors (Lipinski definition) is 0. The Morgan fingerprint density at radius 1 is 1.10 bits per heavy atom. The van der Waals surface area contributed by atoms with Crippen LogP contribution in [0, 0.1) is 13.8 Å². The zero-order valence-corrected chi connectivity index (χ0v) is 18.2. The molecule has 1 aliphatic rings. The van der Waals surface area contributed by atoms with Crippen LogP contribution in [0.5, 0.6) is 11.6 Å². The number of hydrogen-bond acceptors (Lipinski definition) is 6. The van der Waals surface area contributed by atoms with Gasteiger partial charge in [-0.2, -0.15) is 5.10 Å². The second kappa shape index (κ2) is 8.12. The summed E-state index contributed by atoms with van der Waals surface area (Å²) in [4.78, 5) is 17.4. The van der Waals surface area contributed by atoms with Crippen molar-refractivity contribution in [3.05, 3.63) is 46.3 Å². The van der Waals surface area contributed by atoms with Gasteiger partial charge in [0, 0.05) is 38.2 Å². The van der Waals surface area contributed by atoms with E-state index in [0.717, 1.165) is 13.1 Å². The van der Waals surface area contributed by atoms with E-state index < -0.39 is 0 Å². The van der Waals surface area contributed by atoms with Crippen LogP contribution < -0.4 is 4.74 Å². The van der Waals surface area contributed by atoms with Gasteiger partial charge in [0.05, 0.1) is 11.3 Å². The molecule has 3 heterocycles. The highest BCUT2D eigenvalue weighted by Gasteiger charge is 2.31. The molecule has 0 spiro atoms. The van der Waals surface area contributed by atoms with Crippen LogP contribution in [0.1, 0.15) is 21.8 Å². The van der Waals surface area contributed by atoms with E-state index in [1.807, 2.05) is 11.8 Å². The van der Waals surface area contributed by atoms with E-state index in [9.17, 15) is 4.79 Å². The van der Waals surface area contributed by atoms with Gasteiger partial charge in [0.15, 0.2) is 0 Å². The van der Waals surface area contributed by atoms with Crippen molar-refractivity contribution in [2.45, 2.75) is 13.8 Å². The van der Waals surface area contributed by atoms with Crippen molar-refractivity contribution in [1.29, 1.82) is 0 Å². The summed E-state index contributed by atoms with van der Waals surface area (Å²) >= 11 is 5.98. The third-order valence-electron chi connectivity index (χ3n) is 5.30. The molecule has 0 bridgehead atoms. The van der Waals surface area contributed by atoms with Gasteiger partial charge < -0.3 is 19.1 Å². The molecule has 3 aromatic rings. The topological polar surface area (TPSA) is 76.6 Å². The molecule has 0 saturated carbocycles. The van der Waals surface area contributed by atoms with Crippen LogP contribution in [0.2, 0.25) is 5.02 Å². The fourth-order valence-electron chi connectivity index (χ4n) is 3.60. The molecule has 2 aromatic heterocycles. The molecule has 4 rings (SSSR count). The molecule has 0 radical (unpaired) electrons. The summed E-state index contributed by atoms with van der Waals surface area (Å²) in [5.41, 5.74) is 2.24. The maximum absolute atomic E-state index is 13.3. The summed E-state index contributed by atoms with van der Waals surface area (Å²) < 4.78 is 13.2. The Labute approximate surface area is 179 Å². The Kier molecular flexibility index (Phi) is 5.53. The zero-order valence-electron chi connectivity index (χ0n) is 17.5. The van der Waals surface area contributed by atoms with Gasteiger partial charge in [0.25, 0.3) is 5.91 Å². The Hall–Kier alpha value is -2.84. The zero-order chi connectivity index (χ0) is 21.4. The van der Waals surface area contributed by atoms with Crippen molar-refractivity contribution in [1.82, 2.24) is 24.7 Å². The van der Waals surface area contributed by atoms with Gasteiger partial charge in [0.1, 0.15) is 22.8 Å². The molecule has 1 saturated heterocycles. The number of nitrogens with zero attached hydrogens (tertiary/aromatic N) is 5. The maximum Gasteiger partial charge on any atom is 0.259 e. The first-order chi connectivity index (χ1) is 14.3. The minimum atomic E-state index is -0.0856. The average molecular weight is 430 g/mol. The summed E-state index contributed by atoms with van der Waals surface area (Å²) in [5.74, 6) is 1.48. The summed E-state index contributed by atoms with van der Waals surface area (Å²) in [6.45, 7) is 6.62. The number of carbonyl (C=O) groups excluding carboxylic acids is 1. The number of piperazine rings is 1. The van der Waals surface area contributed by atoms with Crippen LogP contribution in [0.15, 0.2) is 28.8 Å². The molecule has 8 nitrogen and oxygen atoms in total. The lowest BCUT2D eigenvalue weighted by Gasteiger charge is -2.32. The highest BCUT2D eigenvalue weighted by atomic mass is 35.5. The first kappa shape index (κ1) is 20.4. The Balaban J connectivity index is 1.73. The molecule has 1 aromatic carbocycles. The lowest BCUT2D eigenvalue weighted by Crippen LogP contribution is -2.47. The fraction of sp³-hybridized carbons (Fsp3) is 0.381. The van der Waals surface area contributed by atoms with Gasteiger partial charge in [-0.3, -0.25) is 4.79 Å². The van der Waals surface area contributed by atoms with E-state index in [1.54, 1.807) is 42.9 Å². The lowest BCUT2D eigenvalue weighted by atomic mass is 10.0. The Morgan fingerprint density at radius 3 is 2.43 bits per heavy atom. The predicted molar refractivity (Wildman–Crippen MR) is 113 cm³/mol. The highest BCUT2D eigenvalue weighted by Crippen LogP contribution is 2.38. The average Bonchev–Trinajstić information content (AvgIpc) is 3.22. The van der Waals surface area contributed by atoms with Crippen LogP contribution in [-0.4, -0.2) is 63.9 Å². The van der Waals surface area contributed by atoms with E-state index in [2.05, 4.69) is 22.2 Å². The second-order valence-corrected chi connectivity index (χ2v) is 7.94. The van der Waals surface area contributed by atoms with Crippen molar-refractivity contribution in [3.8, 4) is 22.9 Å². The van der Waals surface area contributed by atoms with Gasteiger partial charge in [-0.05, 0) is 45.2 Å². The first-order valence-corrected chi connectivity index (χ1v) is 10.1. The quantitative estimate of drug-likeness (QED) is 0.631. The van der Waals surface area contributed by atoms with Crippen LogP contribution in [-0.2, 0) is 7.05 Å². The lowest BCUT2D eigenvalue weighted by molar-refractivity contribution is 0.0663. The van der Waals surface area contributed by atoms with Crippen LogP contribution in [0.25, 0.3) is 11.3 Å².